The number of carboxylic acid groups (broad SMARTS) is 3. The van der Waals surface area contributed by atoms with Gasteiger partial charge < -0.3 is 15.3 Å². The molecule has 0 aromatic heterocycles. The van der Waals surface area contributed by atoms with Gasteiger partial charge in [-0.15, -0.1) is 0 Å². The average Bonchev–Trinajstić information content (AvgIpc) is 2.28. The highest BCUT2D eigenvalue weighted by Gasteiger charge is 1.80. The third-order valence-electron chi connectivity index (χ3n) is 1.13. The van der Waals surface area contributed by atoms with Crippen LogP contribution in [0.2, 0.25) is 0 Å². The molecule has 0 saturated heterocycles. The molecule has 1 radical (unpaired) electrons. The fraction of sp³-hybridized carbons (Fsp3) is 0.286. The van der Waals surface area contributed by atoms with Crippen LogP contribution >= 0.6 is 0 Å². The quantitative estimate of drug-likeness (QED) is 0.730. The van der Waals surface area contributed by atoms with Gasteiger partial charge in [-0.1, -0.05) is 30.3 Å². The molecule has 0 atom stereocenters. The monoisotopic (exact) mass is 285 g/mol. The molecule has 3 N–H and O–H groups in total. The van der Waals surface area contributed by atoms with Gasteiger partial charge in [-0.3, -0.25) is 14.4 Å². The molecule has 0 amide bonds. The Morgan fingerprint density at radius 1 is 0.850 bits per heavy atom. The molecule has 113 valence electrons. The van der Waals surface area contributed by atoms with Gasteiger partial charge in [0.15, 0.2) is 0 Å². The number of carbonyl (C=O) groups is 3. The van der Waals surface area contributed by atoms with E-state index in [1.54, 1.807) is 0 Å². The molecule has 1 aromatic carbocycles. The molecule has 0 fully saturated rings. The van der Waals surface area contributed by atoms with E-state index in [4.69, 9.17) is 29.7 Å². The lowest BCUT2D eigenvalue weighted by Gasteiger charge is -1.89. The summed E-state index contributed by atoms with van der Waals surface area (Å²) in [4.78, 5) is 27.0. The Morgan fingerprint density at radius 2 is 1.10 bits per heavy atom. The van der Waals surface area contributed by atoms with Gasteiger partial charge in [0.25, 0.3) is 17.9 Å². The summed E-state index contributed by atoms with van der Waals surface area (Å²) in [6.07, 6.45) is 0.890. The second-order valence-electron chi connectivity index (χ2n) is 3.29. The van der Waals surface area contributed by atoms with Gasteiger partial charge in [0.05, 0.1) is 0 Å². The number of rotatable bonds is 1. The first-order valence-electron chi connectivity index (χ1n) is 5.55. The van der Waals surface area contributed by atoms with Crippen molar-refractivity contribution in [2.24, 2.45) is 0 Å². The van der Waals surface area contributed by atoms with Crippen LogP contribution < -0.4 is 0 Å². The maximum Gasteiger partial charge on any atom is 0.300 e. The lowest BCUT2D eigenvalue weighted by atomic mass is 10.2. The highest BCUT2D eigenvalue weighted by molar-refractivity contribution is 5.63. The van der Waals surface area contributed by atoms with Gasteiger partial charge in [-0.05, 0) is 18.9 Å². The summed E-state index contributed by atoms with van der Waals surface area (Å²) in [5.74, 6) is -2.50. The van der Waals surface area contributed by atoms with Gasteiger partial charge >= 0.3 is 0 Å². The van der Waals surface area contributed by atoms with Crippen molar-refractivity contribution in [3.63, 3.8) is 0 Å². The molecule has 0 aliphatic rings. The van der Waals surface area contributed by atoms with Crippen molar-refractivity contribution < 1.29 is 29.7 Å². The predicted octanol–water partition coefficient (Wildman–Crippen LogP) is 2.34. The minimum Gasteiger partial charge on any atom is -0.481 e. The molecule has 0 bridgehead atoms. The standard InChI is InChI=1S/C8H9.3C2H4O2/c1-2-8-6-4-3-5-7-8;3*1-2(3)4/h3-7H,1-2H2;3*1H3,(H,3,4). The van der Waals surface area contributed by atoms with Crippen molar-refractivity contribution in [3.05, 3.63) is 42.8 Å². The van der Waals surface area contributed by atoms with Crippen LogP contribution in [0.15, 0.2) is 30.3 Å². The summed E-state index contributed by atoms with van der Waals surface area (Å²) in [7, 11) is 0. The second kappa shape index (κ2) is 16.6. The van der Waals surface area contributed by atoms with E-state index in [0.29, 0.717) is 0 Å². The molecule has 0 unspecified atom stereocenters. The van der Waals surface area contributed by atoms with E-state index in [9.17, 15) is 0 Å². The molecule has 0 aliphatic carbocycles. The number of hydrogen-bond donors (Lipinski definition) is 3. The lowest BCUT2D eigenvalue weighted by Crippen LogP contribution is -1.78. The SMILES string of the molecule is CC(=O)O.CC(=O)O.CC(=O)O.[CH2]Cc1ccccc1. The Balaban J connectivity index is -0.000000209. The molecule has 6 heteroatoms. The Kier molecular flexibility index (Phi) is 18.9. The molecular weight excluding hydrogens is 264 g/mol. The normalized spacial score (nSPS) is 7.40. The molecule has 6 nitrogen and oxygen atoms in total. The van der Waals surface area contributed by atoms with Gasteiger partial charge in [-0.25, -0.2) is 0 Å². The van der Waals surface area contributed by atoms with Crippen molar-refractivity contribution in [1.29, 1.82) is 0 Å². The van der Waals surface area contributed by atoms with E-state index in [0.717, 1.165) is 27.2 Å². The van der Waals surface area contributed by atoms with Gasteiger partial charge in [0, 0.05) is 20.8 Å². The molecule has 0 saturated carbocycles. The Labute approximate surface area is 118 Å². The summed E-state index contributed by atoms with van der Waals surface area (Å²) in [5.41, 5.74) is 1.30. The van der Waals surface area contributed by atoms with Crippen LogP contribution in [0, 0.1) is 6.92 Å². The third-order valence-corrected chi connectivity index (χ3v) is 1.13. The topological polar surface area (TPSA) is 112 Å². The van der Waals surface area contributed by atoms with E-state index in [2.05, 4.69) is 19.1 Å². The van der Waals surface area contributed by atoms with Gasteiger partial charge in [-0.2, -0.15) is 0 Å². The molecule has 1 rings (SSSR count). The zero-order valence-electron chi connectivity index (χ0n) is 11.9. The Morgan fingerprint density at radius 3 is 1.25 bits per heavy atom. The molecular formula is C14H21O6. The average molecular weight is 285 g/mol. The zero-order valence-corrected chi connectivity index (χ0v) is 11.9. The highest BCUT2D eigenvalue weighted by atomic mass is 16.4. The van der Waals surface area contributed by atoms with Crippen LogP contribution in [-0.2, 0) is 20.8 Å². The first-order valence-corrected chi connectivity index (χ1v) is 5.55. The molecule has 0 aliphatic heterocycles. The van der Waals surface area contributed by atoms with Crippen LogP contribution in [-0.4, -0.2) is 33.2 Å². The lowest BCUT2D eigenvalue weighted by molar-refractivity contribution is -0.135. The van der Waals surface area contributed by atoms with Gasteiger partial charge in [0.2, 0.25) is 0 Å². The van der Waals surface area contributed by atoms with Crippen LogP contribution in [0.3, 0.4) is 0 Å². The number of benzene rings is 1. The van der Waals surface area contributed by atoms with Crippen molar-refractivity contribution >= 4 is 17.9 Å². The first-order chi connectivity index (χ1) is 9.13. The smallest absolute Gasteiger partial charge is 0.300 e. The minimum absolute atomic E-state index is 0.833. The van der Waals surface area contributed by atoms with Crippen molar-refractivity contribution in [2.45, 2.75) is 27.2 Å². The highest BCUT2D eigenvalue weighted by Crippen LogP contribution is 1.96. The van der Waals surface area contributed by atoms with Crippen LogP contribution in [0.1, 0.15) is 26.3 Å². The minimum atomic E-state index is -0.833. The maximum atomic E-state index is 9.00. The van der Waals surface area contributed by atoms with E-state index in [-0.39, 0.29) is 0 Å². The van der Waals surface area contributed by atoms with E-state index in [1.807, 2.05) is 18.2 Å². The van der Waals surface area contributed by atoms with Crippen LogP contribution in [0.25, 0.3) is 0 Å². The maximum absolute atomic E-state index is 9.00. The summed E-state index contributed by atoms with van der Waals surface area (Å²) >= 11 is 0. The third kappa shape index (κ3) is 57.5. The summed E-state index contributed by atoms with van der Waals surface area (Å²) in [5, 5.41) is 22.2. The number of aliphatic carboxylic acids is 3. The summed E-state index contributed by atoms with van der Waals surface area (Å²) in [6.45, 7) is 7.01. The van der Waals surface area contributed by atoms with Crippen molar-refractivity contribution in [1.82, 2.24) is 0 Å². The summed E-state index contributed by atoms with van der Waals surface area (Å²) in [6, 6.07) is 10.2. The fourth-order valence-electron chi connectivity index (χ4n) is 0.645. The van der Waals surface area contributed by atoms with E-state index < -0.39 is 17.9 Å². The summed E-state index contributed by atoms with van der Waals surface area (Å²) < 4.78 is 0. The van der Waals surface area contributed by atoms with Crippen LogP contribution in [0.4, 0.5) is 0 Å². The van der Waals surface area contributed by atoms with Crippen molar-refractivity contribution in [2.75, 3.05) is 0 Å². The second-order valence-corrected chi connectivity index (χ2v) is 3.29. The van der Waals surface area contributed by atoms with E-state index in [1.165, 1.54) is 5.56 Å². The number of carboxylic acids is 3. The molecule has 0 spiro atoms. The molecule has 20 heavy (non-hydrogen) atoms. The van der Waals surface area contributed by atoms with Gasteiger partial charge in [0.1, 0.15) is 0 Å². The Hall–Kier alpha value is -2.37. The predicted molar refractivity (Wildman–Crippen MR) is 75.4 cm³/mol. The number of hydrogen-bond acceptors (Lipinski definition) is 3. The Bertz CT molecular complexity index is 332. The molecule has 0 heterocycles. The van der Waals surface area contributed by atoms with Crippen LogP contribution in [0.5, 0.6) is 0 Å². The van der Waals surface area contributed by atoms with Crippen molar-refractivity contribution in [3.8, 4) is 0 Å². The zero-order chi connectivity index (χ0) is 16.6. The van der Waals surface area contributed by atoms with E-state index >= 15 is 0 Å². The molecule has 1 aromatic rings. The largest absolute Gasteiger partial charge is 0.481 e. The fourth-order valence-corrected chi connectivity index (χ4v) is 0.645. The first kappa shape index (κ1) is 22.8.